The van der Waals surface area contributed by atoms with E-state index in [0.29, 0.717) is 10.0 Å². The fraction of sp³-hybridized carbons (Fsp3) is 0.333. The quantitative estimate of drug-likeness (QED) is 0.637. The molecule has 2 rings (SSSR count). The molecule has 1 nitrogen and oxygen atoms in total. The van der Waals surface area contributed by atoms with Crippen molar-refractivity contribution in [1.82, 2.24) is 5.32 Å². The van der Waals surface area contributed by atoms with E-state index in [1.54, 1.807) is 17.4 Å². The molecule has 0 amide bonds. The summed E-state index contributed by atoms with van der Waals surface area (Å²) >= 11 is 17.7. The Morgan fingerprint density at radius 2 is 2.05 bits per heavy atom. The van der Waals surface area contributed by atoms with Crippen LogP contribution in [-0.2, 0) is 0 Å². The van der Waals surface area contributed by atoms with Crippen LogP contribution in [0.1, 0.15) is 34.7 Å². The third-order valence-electron chi connectivity index (χ3n) is 3.03. The molecule has 1 heterocycles. The summed E-state index contributed by atoms with van der Waals surface area (Å²) in [7, 11) is 0. The minimum atomic E-state index is 0.106. The largest absolute Gasteiger partial charge is 0.306 e. The standard InChI is InChI=1S/C15H16BrCl2NS/c1-3-6-19-15(14-8-12(16)9(2)20-14)11-5-4-10(17)7-13(11)18/h4-5,7-8,15,19H,3,6H2,1-2H3. The zero-order valence-corrected chi connectivity index (χ0v) is 15.3. The van der Waals surface area contributed by atoms with Crippen molar-refractivity contribution >= 4 is 50.5 Å². The molecule has 0 aliphatic carbocycles. The van der Waals surface area contributed by atoms with Crippen LogP contribution in [0.15, 0.2) is 28.7 Å². The SMILES string of the molecule is CCCNC(c1cc(Br)c(C)s1)c1ccc(Cl)cc1Cl. The summed E-state index contributed by atoms with van der Waals surface area (Å²) in [6, 6.07) is 7.96. The number of hydrogen-bond acceptors (Lipinski definition) is 2. The van der Waals surface area contributed by atoms with Gasteiger partial charge in [0, 0.05) is 24.3 Å². The van der Waals surface area contributed by atoms with E-state index in [-0.39, 0.29) is 6.04 Å². The van der Waals surface area contributed by atoms with Gasteiger partial charge in [-0.15, -0.1) is 11.3 Å². The van der Waals surface area contributed by atoms with Gasteiger partial charge in [0.15, 0.2) is 0 Å². The van der Waals surface area contributed by atoms with Crippen molar-refractivity contribution in [2.45, 2.75) is 26.3 Å². The molecule has 20 heavy (non-hydrogen) atoms. The number of thiophene rings is 1. The second kappa shape index (κ2) is 7.28. The van der Waals surface area contributed by atoms with Crippen LogP contribution in [0.4, 0.5) is 0 Å². The molecule has 0 saturated carbocycles. The summed E-state index contributed by atoms with van der Waals surface area (Å²) in [4.78, 5) is 2.53. The van der Waals surface area contributed by atoms with Crippen molar-refractivity contribution in [3.05, 3.63) is 54.1 Å². The number of rotatable bonds is 5. The Hall–Kier alpha value is -0.0600. The number of aryl methyl sites for hydroxylation is 1. The van der Waals surface area contributed by atoms with Gasteiger partial charge in [0.1, 0.15) is 0 Å². The van der Waals surface area contributed by atoms with E-state index in [2.05, 4.69) is 41.2 Å². The maximum atomic E-state index is 6.37. The molecule has 1 unspecified atom stereocenters. The first-order valence-corrected chi connectivity index (χ1v) is 8.83. The van der Waals surface area contributed by atoms with Crippen molar-refractivity contribution in [1.29, 1.82) is 0 Å². The molecule has 0 saturated heterocycles. The van der Waals surface area contributed by atoms with Gasteiger partial charge in [0.05, 0.1) is 6.04 Å². The molecule has 0 aliphatic rings. The summed E-state index contributed by atoms with van der Waals surface area (Å²) < 4.78 is 1.14. The maximum Gasteiger partial charge on any atom is 0.0686 e. The molecule has 1 aromatic carbocycles. The van der Waals surface area contributed by atoms with Gasteiger partial charge in [0.2, 0.25) is 0 Å². The number of benzene rings is 1. The Bertz CT molecular complexity index is 578. The normalized spacial score (nSPS) is 12.7. The Kier molecular flexibility index (Phi) is 5.94. The molecule has 108 valence electrons. The first-order valence-electron chi connectivity index (χ1n) is 6.47. The summed E-state index contributed by atoms with van der Waals surface area (Å²) in [5, 5.41) is 4.93. The Balaban J connectivity index is 2.41. The first-order chi connectivity index (χ1) is 9.52. The first kappa shape index (κ1) is 16.3. The second-order valence-corrected chi connectivity index (χ2v) is 7.59. The summed E-state index contributed by atoms with van der Waals surface area (Å²) in [5.74, 6) is 0. The minimum Gasteiger partial charge on any atom is -0.306 e. The second-order valence-electron chi connectivity index (χ2n) is 4.61. The summed E-state index contributed by atoms with van der Waals surface area (Å²) in [6.45, 7) is 5.21. The highest BCUT2D eigenvalue weighted by Gasteiger charge is 2.19. The maximum absolute atomic E-state index is 6.37. The van der Waals surface area contributed by atoms with E-state index in [4.69, 9.17) is 23.2 Å². The van der Waals surface area contributed by atoms with Gasteiger partial charge in [-0.2, -0.15) is 0 Å². The van der Waals surface area contributed by atoms with Gasteiger partial charge in [-0.25, -0.2) is 0 Å². The molecule has 5 heteroatoms. The topological polar surface area (TPSA) is 12.0 Å². The lowest BCUT2D eigenvalue weighted by molar-refractivity contribution is 0.606. The molecule has 1 N–H and O–H groups in total. The van der Waals surface area contributed by atoms with Gasteiger partial charge in [-0.05, 0) is 59.6 Å². The van der Waals surface area contributed by atoms with Crippen molar-refractivity contribution in [2.24, 2.45) is 0 Å². The number of nitrogens with one attached hydrogen (secondary N) is 1. The predicted molar refractivity (Wildman–Crippen MR) is 93.4 cm³/mol. The highest BCUT2D eigenvalue weighted by atomic mass is 79.9. The van der Waals surface area contributed by atoms with E-state index in [1.165, 1.54) is 9.75 Å². The Morgan fingerprint density at radius 1 is 1.30 bits per heavy atom. The van der Waals surface area contributed by atoms with Crippen LogP contribution in [0.25, 0.3) is 0 Å². The molecule has 0 bridgehead atoms. The smallest absolute Gasteiger partial charge is 0.0686 e. The Morgan fingerprint density at radius 3 is 2.60 bits per heavy atom. The van der Waals surface area contributed by atoms with Gasteiger partial charge < -0.3 is 5.32 Å². The van der Waals surface area contributed by atoms with Crippen molar-refractivity contribution < 1.29 is 0 Å². The van der Waals surface area contributed by atoms with E-state index in [1.807, 2.05) is 12.1 Å². The lowest BCUT2D eigenvalue weighted by Gasteiger charge is -2.19. The van der Waals surface area contributed by atoms with Gasteiger partial charge in [0.25, 0.3) is 0 Å². The summed E-state index contributed by atoms with van der Waals surface area (Å²) in [6.07, 6.45) is 1.08. The van der Waals surface area contributed by atoms with Gasteiger partial charge >= 0.3 is 0 Å². The lowest BCUT2D eigenvalue weighted by atomic mass is 10.1. The average Bonchev–Trinajstić information content (AvgIpc) is 2.72. The van der Waals surface area contributed by atoms with Crippen molar-refractivity contribution in [3.8, 4) is 0 Å². The predicted octanol–water partition coefficient (Wildman–Crippen LogP) is 6.21. The van der Waals surface area contributed by atoms with Crippen LogP contribution in [0.5, 0.6) is 0 Å². The zero-order chi connectivity index (χ0) is 14.7. The summed E-state index contributed by atoms with van der Waals surface area (Å²) in [5.41, 5.74) is 1.07. The van der Waals surface area contributed by atoms with Crippen molar-refractivity contribution in [3.63, 3.8) is 0 Å². The van der Waals surface area contributed by atoms with Crippen LogP contribution < -0.4 is 5.32 Å². The molecular formula is C15H16BrCl2NS. The third-order valence-corrected chi connectivity index (χ3v) is 5.80. The Labute approximate surface area is 142 Å². The van der Waals surface area contributed by atoms with Crippen LogP contribution >= 0.6 is 50.5 Å². The average molecular weight is 393 g/mol. The van der Waals surface area contributed by atoms with Crippen LogP contribution in [0.2, 0.25) is 10.0 Å². The molecule has 2 aromatic rings. The third kappa shape index (κ3) is 3.77. The molecule has 0 spiro atoms. The van der Waals surface area contributed by atoms with Gasteiger partial charge in [-0.3, -0.25) is 0 Å². The fourth-order valence-corrected chi connectivity index (χ4v) is 4.19. The van der Waals surface area contributed by atoms with E-state index in [9.17, 15) is 0 Å². The van der Waals surface area contributed by atoms with Crippen LogP contribution in [-0.4, -0.2) is 6.54 Å². The van der Waals surface area contributed by atoms with Crippen LogP contribution in [0.3, 0.4) is 0 Å². The molecule has 1 atom stereocenters. The zero-order valence-electron chi connectivity index (χ0n) is 11.3. The van der Waals surface area contributed by atoms with E-state index >= 15 is 0 Å². The molecule has 0 radical (unpaired) electrons. The fourth-order valence-electron chi connectivity index (χ4n) is 2.01. The molecular weight excluding hydrogens is 377 g/mol. The van der Waals surface area contributed by atoms with E-state index in [0.717, 1.165) is 23.0 Å². The minimum absolute atomic E-state index is 0.106. The molecule has 0 fully saturated rings. The van der Waals surface area contributed by atoms with Crippen LogP contribution in [0, 0.1) is 6.92 Å². The highest BCUT2D eigenvalue weighted by Crippen LogP contribution is 2.36. The molecule has 0 aliphatic heterocycles. The van der Waals surface area contributed by atoms with Crippen molar-refractivity contribution in [2.75, 3.05) is 6.54 Å². The highest BCUT2D eigenvalue weighted by molar-refractivity contribution is 9.10. The number of hydrogen-bond donors (Lipinski definition) is 1. The lowest BCUT2D eigenvalue weighted by Crippen LogP contribution is -2.22. The molecule has 1 aromatic heterocycles. The monoisotopic (exact) mass is 391 g/mol. The number of halogens is 3. The van der Waals surface area contributed by atoms with E-state index < -0.39 is 0 Å². The van der Waals surface area contributed by atoms with Gasteiger partial charge in [-0.1, -0.05) is 36.2 Å².